The van der Waals surface area contributed by atoms with Crippen molar-refractivity contribution in [3.05, 3.63) is 46.2 Å². The van der Waals surface area contributed by atoms with E-state index in [1.165, 1.54) is 11.3 Å². The Morgan fingerprint density at radius 3 is 2.59 bits per heavy atom. The van der Waals surface area contributed by atoms with Crippen LogP contribution in [0.2, 0.25) is 0 Å². The Morgan fingerprint density at radius 1 is 1.27 bits per heavy atom. The highest BCUT2D eigenvalue weighted by Crippen LogP contribution is 2.35. The van der Waals surface area contributed by atoms with Gasteiger partial charge in [0.15, 0.2) is 5.01 Å². The van der Waals surface area contributed by atoms with Gasteiger partial charge in [0.1, 0.15) is 0 Å². The van der Waals surface area contributed by atoms with Gasteiger partial charge in [-0.25, -0.2) is 4.98 Å². The molecule has 0 aromatic carbocycles. The van der Waals surface area contributed by atoms with Crippen LogP contribution in [-0.2, 0) is 0 Å². The van der Waals surface area contributed by atoms with Crippen molar-refractivity contribution in [2.45, 2.75) is 51.6 Å². The second-order valence-electron chi connectivity index (χ2n) is 6.11. The molecule has 1 aliphatic carbocycles. The standard InChI is InChI=1S/C17H21N3OS/c1-11(2)15-10-22-16(19-15)17(21)20(13-7-8-13)12(3)14-6-4-5-9-18-14/h4-6,9-13H,7-8H2,1-3H3/t12-/m1/s1. The van der Waals surface area contributed by atoms with E-state index >= 15 is 0 Å². The number of thiazole rings is 1. The van der Waals surface area contributed by atoms with Gasteiger partial charge in [-0.15, -0.1) is 11.3 Å². The van der Waals surface area contributed by atoms with Gasteiger partial charge in [0.2, 0.25) is 0 Å². The molecule has 1 amide bonds. The molecule has 1 atom stereocenters. The molecule has 0 unspecified atom stereocenters. The Morgan fingerprint density at radius 2 is 2.05 bits per heavy atom. The summed E-state index contributed by atoms with van der Waals surface area (Å²) in [7, 11) is 0. The minimum absolute atomic E-state index is 0.0207. The summed E-state index contributed by atoms with van der Waals surface area (Å²) in [5.74, 6) is 0.387. The number of amides is 1. The third-order valence-electron chi connectivity index (χ3n) is 4.00. The molecule has 0 saturated heterocycles. The summed E-state index contributed by atoms with van der Waals surface area (Å²) in [6.07, 6.45) is 3.93. The Hall–Kier alpha value is -1.75. The number of hydrogen-bond acceptors (Lipinski definition) is 4. The van der Waals surface area contributed by atoms with Crippen molar-refractivity contribution in [3.63, 3.8) is 0 Å². The fourth-order valence-electron chi connectivity index (χ4n) is 2.54. The molecule has 0 bridgehead atoms. The van der Waals surface area contributed by atoms with Crippen molar-refractivity contribution in [2.24, 2.45) is 0 Å². The molecule has 0 radical (unpaired) electrons. The van der Waals surface area contributed by atoms with E-state index in [-0.39, 0.29) is 11.9 Å². The summed E-state index contributed by atoms with van der Waals surface area (Å²) >= 11 is 1.45. The maximum Gasteiger partial charge on any atom is 0.283 e. The van der Waals surface area contributed by atoms with Crippen LogP contribution < -0.4 is 0 Å². The van der Waals surface area contributed by atoms with E-state index in [4.69, 9.17) is 0 Å². The van der Waals surface area contributed by atoms with Gasteiger partial charge >= 0.3 is 0 Å². The third kappa shape index (κ3) is 3.04. The first kappa shape index (κ1) is 15.2. The molecule has 116 valence electrons. The molecule has 3 rings (SSSR count). The third-order valence-corrected chi connectivity index (χ3v) is 4.85. The lowest BCUT2D eigenvalue weighted by atomic mass is 10.1. The molecule has 2 aromatic heterocycles. The summed E-state index contributed by atoms with van der Waals surface area (Å²) in [6.45, 7) is 6.24. The van der Waals surface area contributed by atoms with Crippen LogP contribution in [0.15, 0.2) is 29.8 Å². The lowest BCUT2D eigenvalue weighted by Gasteiger charge is -2.28. The molecule has 1 aliphatic rings. The van der Waals surface area contributed by atoms with Crippen LogP contribution in [0, 0.1) is 0 Å². The van der Waals surface area contributed by atoms with Crippen LogP contribution >= 0.6 is 11.3 Å². The summed E-state index contributed by atoms with van der Waals surface area (Å²) in [5, 5.41) is 2.59. The van der Waals surface area contributed by atoms with E-state index < -0.39 is 0 Å². The predicted octanol–water partition coefficient (Wildman–Crippen LogP) is 4.03. The van der Waals surface area contributed by atoms with Crippen LogP contribution in [0.25, 0.3) is 0 Å². The van der Waals surface area contributed by atoms with Crippen LogP contribution in [-0.4, -0.2) is 26.8 Å². The highest BCUT2D eigenvalue weighted by molar-refractivity contribution is 7.11. The maximum atomic E-state index is 12.9. The molecule has 1 fully saturated rings. The molecule has 0 aliphatic heterocycles. The van der Waals surface area contributed by atoms with E-state index in [1.54, 1.807) is 6.20 Å². The van der Waals surface area contributed by atoms with Crippen molar-refractivity contribution < 1.29 is 4.79 Å². The van der Waals surface area contributed by atoms with Crippen molar-refractivity contribution >= 4 is 17.2 Å². The first-order valence-corrected chi connectivity index (χ1v) is 8.65. The zero-order chi connectivity index (χ0) is 15.7. The van der Waals surface area contributed by atoms with E-state index in [9.17, 15) is 4.79 Å². The Bertz CT molecular complexity index is 649. The number of nitrogens with zero attached hydrogens (tertiary/aromatic N) is 3. The smallest absolute Gasteiger partial charge is 0.283 e. The van der Waals surface area contributed by atoms with Crippen molar-refractivity contribution in [1.82, 2.24) is 14.9 Å². The molecule has 2 aromatic rings. The molecule has 0 spiro atoms. The Balaban J connectivity index is 1.85. The lowest BCUT2D eigenvalue weighted by Crippen LogP contribution is -2.35. The molecule has 22 heavy (non-hydrogen) atoms. The number of rotatable bonds is 5. The maximum absolute atomic E-state index is 12.9. The summed E-state index contributed by atoms with van der Waals surface area (Å²) < 4.78 is 0. The van der Waals surface area contributed by atoms with Crippen LogP contribution in [0.5, 0.6) is 0 Å². The van der Waals surface area contributed by atoms with Gasteiger partial charge in [-0.05, 0) is 37.8 Å². The quantitative estimate of drug-likeness (QED) is 0.837. The predicted molar refractivity (Wildman–Crippen MR) is 88.0 cm³/mol. The van der Waals surface area contributed by atoms with Crippen LogP contribution in [0.1, 0.15) is 66.8 Å². The average molecular weight is 315 g/mol. The molecular weight excluding hydrogens is 294 g/mol. The lowest BCUT2D eigenvalue weighted by molar-refractivity contribution is 0.0669. The number of carbonyl (C=O) groups is 1. The van der Waals surface area contributed by atoms with Gasteiger partial charge in [0.25, 0.3) is 5.91 Å². The SMILES string of the molecule is CC(C)c1csc(C(=O)N(C2CC2)[C@H](C)c2ccccn2)n1. The first-order valence-electron chi connectivity index (χ1n) is 7.77. The number of hydrogen-bond donors (Lipinski definition) is 0. The molecular formula is C17H21N3OS. The summed E-state index contributed by atoms with van der Waals surface area (Å²) in [5.41, 5.74) is 1.93. The minimum Gasteiger partial charge on any atom is -0.325 e. The normalized spacial score (nSPS) is 15.8. The average Bonchev–Trinajstić information content (AvgIpc) is 3.22. The Kier molecular flexibility index (Phi) is 4.25. The van der Waals surface area contributed by atoms with E-state index in [1.807, 2.05) is 28.5 Å². The second kappa shape index (κ2) is 6.16. The molecule has 0 N–H and O–H groups in total. The Labute approximate surface area is 135 Å². The molecule has 2 heterocycles. The van der Waals surface area contributed by atoms with Gasteiger partial charge < -0.3 is 4.90 Å². The van der Waals surface area contributed by atoms with E-state index in [0.717, 1.165) is 24.2 Å². The van der Waals surface area contributed by atoms with E-state index in [0.29, 0.717) is 17.0 Å². The zero-order valence-electron chi connectivity index (χ0n) is 13.2. The summed E-state index contributed by atoms with van der Waals surface area (Å²) in [4.78, 5) is 23.8. The number of carbonyl (C=O) groups excluding carboxylic acids is 1. The topological polar surface area (TPSA) is 46.1 Å². The van der Waals surface area contributed by atoms with Crippen molar-refractivity contribution in [3.8, 4) is 0 Å². The fourth-order valence-corrected chi connectivity index (χ4v) is 3.46. The first-order chi connectivity index (χ1) is 10.6. The van der Waals surface area contributed by atoms with Gasteiger partial charge in [-0.2, -0.15) is 0 Å². The van der Waals surface area contributed by atoms with Crippen LogP contribution in [0.4, 0.5) is 0 Å². The van der Waals surface area contributed by atoms with Crippen LogP contribution in [0.3, 0.4) is 0 Å². The monoisotopic (exact) mass is 315 g/mol. The second-order valence-corrected chi connectivity index (χ2v) is 6.96. The van der Waals surface area contributed by atoms with Gasteiger partial charge in [0, 0.05) is 17.6 Å². The van der Waals surface area contributed by atoms with Gasteiger partial charge in [-0.3, -0.25) is 9.78 Å². The molecule has 5 heteroatoms. The molecule has 4 nitrogen and oxygen atoms in total. The zero-order valence-corrected chi connectivity index (χ0v) is 14.0. The largest absolute Gasteiger partial charge is 0.325 e. The summed E-state index contributed by atoms with van der Waals surface area (Å²) in [6, 6.07) is 6.15. The van der Waals surface area contributed by atoms with Gasteiger partial charge in [0.05, 0.1) is 17.4 Å². The highest BCUT2D eigenvalue weighted by atomic mass is 32.1. The number of pyridine rings is 1. The van der Waals surface area contributed by atoms with Crippen molar-refractivity contribution in [2.75, 3.05) is 0 Å². The molecule has 1 saturated carbocycles. The number of aromatic nitrogens is 2. The minimum atomic E-state index is -0.0207. The van der Waals surface area contributed by atoms with Gasteiger partial charge in [-0.1, -0.05) is 19.9 Å². The van der Waals surface area contributed by atoms with E-state index in [2.05, 4.69) is 30.7 Å². The highest BCUT2D eigenvalue weighted by Gasteiger charge is 2.38. The van der Waals surface area contributed by atoms with Crippen molar-refractivity contribution in [1.29, 1.82) is 0 Å². The fraction of sp³-hybridized carbons (Fsp3) is 0.471.